The van der Waals surface area contributed by atoms with Crippen molar-refractivity contribution >= 4 is 17.5 Å². The lowest BCUT2D eigenvalue weighted by Crippen LogP contribution is -2.43. The summed E-state index contributed by atoms with van der Waals surface area (Å²) in [6, 6.07) is 14.9. The smallest absolute Gasteiger partial charge is 0.234 e. The van der Waals surface area contributed by atoms with E-state index in [-0.39, 0.29) is 17.9 Å². The fourth-order valence-electron chi connectivity index (χ4n) is 4.87. The van der Waals surface area contributed by atoms with Gasteiger partial charge < -0.3 is 24.4 Å². The fourth-order valence-corrected chi connectivity index (χ4v) is 4.87. The van der Waals surface area contributed by atoms with Crippen LogP contribution in [-0.2, 0) is 20.9 Å². The second-order valence-electron chi connectivity index (χ2n) is 8.09. The highest BCUT2D eigenvalue weighted by Crippen LogP contribution is 2.52. The molecule has 0 saturated carbocycles. The van der Waals surface area contributed by atoms with Gasteiger partial charge in [-0.3, -0.25) is 9.59 Å². The second kappa shape index (κ2) is 7.42. The van der Waals surface area contributed by atoms with Crippen molar-refractivity contribution in [3.63, 3.8) is 0 Å². The van der Waals surface area contributed by atoms with Crippen LogP contribution in [-0.4, -0.2) is 44.3 Å². The summed E-state index contributed by atoms with van der Waals surface area (Å²) in [6.07, 6.45) is 3.49. The molecule has 5 rings (SSSR count). The number of hydrogen-bond acceptors (Lipinski definition) is 5. The molecule has 0 unspecified atom stereocenters. The molecule has 1 N–H and O–H groups in total. The zero-order valence-corrected chi connectivity index (χ0v) is 17.4. The Bertz CT molecular complexity index is 1050. The summed E-state index contributed by atoms with van der Waals surface area (Å²) in [4.78, 5) is 28.2. The number of nitrogens with zero attached hydrogens (tertiary/aromatic N) is 1. The van der Waals surface area contributed by atoms with Gasteiger partial charge in [-0.2, -0.15) is 0 Å². The first kappa shape index (κ1) is 19.6. The van der Waals surface area contributed by atoms with Crippen molar-refractivity contribution in [2.75, 3.05) is 25.7 Å². The fraction of sp³-hybridized carbons (Fsp3) is 0.333. The van der Waals surface area contributed by atoms with E-state index in [0.29, 0.717) is 13.1 Å². The first-order valence-electron chi connectivity index (χ1n) is 10.3. The summed E-state index contributed by atoms with van der Waals surface area (Å²) >= 11 is 0. The van der Waals surface area contributed by atoms with Gasteiger partial charge in [-0.25, -0.2) is 0 Å². The molecule has 31 heavy (non-hydrogen) atoms. The van der Waals surface area contributed by atoms with Crippen LogP contribution in [0.2, 0.25) is 0 Å². The van der Waals surface area contributed by atoms with E-state index in [4.69, 9.17) is 14.2 Å². The van der Waals surface area contributed by atoms with Gasteiger partial charge in [0.1, 0.15) is 17.1 Å². The van der Waals surface area contributed by atoms with E-state index in [0.717, 1.165) is 22.7 Å². The predicted molar refractivity (Wildman–Crippen MR) is 114 cm³/mol. The molecule has 3 heterocycles. The van der Waals surface area contributed by atoms with Gasteiger partial charge in [-0.1, -0.05) is 24.3 Å². The number of rotatable bonds is 6. The maximum absolute atomic E-state index is 13.4. The quantitative estimate of drug-likeness (QED) is 0.726. The zero-order chi connectivity index (χ0) is 21.6. The van der Waals surface area contributed by atoms with Crippen LogP contribution in [0.25, 0.3) is 0 Å². The van der Waals surface area contributed by atoms with E-state index in [9.17, 15) is 9.59 Å². The Kier molecular flexibility index (Phi) is 4.70. The van der Waals surface area contributed by atoms with Crippen LogP contribution in [0.5, 0.6) is 11.5 Å². The van der Waals surface area contributed by atoms with Crippen molar-refractivity contribution in [1.82, 2.24) is 5.32 Å². The average molecular weight is 420 g/mol. The van der Waals surface area contributed by atoms with Crippen LogP contribution in [0.4, 0.5) is 5.69 Å². The summed E-state index contributed by atoms with van der Waals surface area (Å²) < 4.78 is 16.6. The lowest BCUT2D eigenvalue weighted by atomic mass is 9.77. The molecule has 7 heteroatoms. The van der Waals surface area contributed by atoms with E-state index >= 15 is 0 Å². The molecule has 3 aliphatic rings. The number of hydrogen-bond donors (Lipinski definition) is 1. The summed E-state index contributed by atoms with van der Waals surface area (Å²) in [6.45, 7) is 0.758. The number of methoxy groups -OCH3 is 2. The molecule has 7 nitrogen and oxygen atoms in total. The molecule has 0 aliphatic carbocycles. The number of amides is 2. The Balaban J connectivity index is 1.34. The van der Waals surface area contributed by atoms with E-state index in [1.807, 2.05) is 60.7 Å². The molecule has 4 atom stereocenters. The third kappa shape index (κ3) is 3.16. The molecule has 2 bridgehead atoms. The minimum absolute atomic E-state index is 0.0847. The Labute approximate surface area is 180 Å². The van der Waals surface area contributed by atoms with E-state index in [1.165, 1.54) is 0 Å². The lowest BCUT2D eigenvalue weighted by molar-refractivity contribution is -0.132. The molecule has 2 aromatic carbocycles. The number of carbonyl (C=O) groups is 2. The summed E-state index contributed by atoms with van der Waals surface area (Å²) in [7, 11) is 3.21. The van der Waals surface area contributed by atoms with Crippen molar-refractivity contribution in [3.05, 3.63) is 66.2 Å². The van der Waals surface area contributed by atoms with Crippen LogP contribution < -0.4 is 19.7 Å². The molecule has 0 radical (unpaired) electrons. The van der Waals surface area contributed by atoms with Crippen molar-refractivity contribution in [1.29, 1.82) is 0 Å². The maximum atomic E-state index is 13.4. The monoisotopic (exact) mass is 420 g/mol. The van der Waals surface area contributed by atoms with Crippen LogP contribution in [0.15, 0.2) is 60.7 Å². The van der Waals surface area contributed by atoms with E-state index < -0.39 is 17.4 Å². The average Bonchev–Trinajstić information content (AvgIpc) is 3.46. The van der Waals surface area contributed by atoms with Crippen LogP contribution >= 0.6 is 0 Å². The molecule has 3 aliphatic heterocycles. The lowest BCUT2D eigenvalue weighted by Gasteiger charge is -2.23. The molecule has 2 aromatic rings. The van der Waals surface area contributed by atoms with Gasteiger partial charge in [0, 0.05) is 12.2 Å². The highest BCUT2D eigenvalue weighted by Gasteiger charge is 2.67. The molecule has 1 spiro atoms. The Morgan fingerprint density at radius 1 is 1.16 bits per heavy atom. The van der Waals surface area contributed by atoms with Crippen LogP contribution in [0.1, 0.15) is 5.56 Å². The number of ether oxygens (including phenoxy) is 3. The van der Waals surface area contributed by atoms with Crippen LogP contribution in [0.3, 0.4) is 0 Å². The topological polar surface area (TPSA) is 77.1 Å². The van der Waals surface area contributed by atoms with Crippen molar-refractivity contribution < 1.29 is 23.8 Å². The summed E-state index contributed by atoms with van der Waals surface area (Å²) in [5.74, 6) is 0.118. The van der Waals surface area contributed by atoms with Crippen molar-refractivity contribution in [2.45, 2.75) is 18.2 Å². The van der Waals surface area contributed by atoms with Gasteiger partial charge in [0.25, 0.3) is 0 Å². The normalized spacial score (nSPS) is 28.0. The van der Waals surface area contributed by atoms with Gasteiger partial charge in [0.15, 0.2) is 0 Å². The number of anilines is 1. The third-order valence-electron chi connectivity index (χ3n) is 6.39. The third-order valence-corrected chi connectivity index (χ3v) is 6.39. The van der Waals surface area contributed by atoms with Crippen molar-refractivity contribution in [2.24, 2.45) is 11.8 Å². The van der Waals surface area contributed by atoms with Crippen molar-refractivity contribution in [3.8, 4) is 11.5 Å². The number of fused-ring (bicyclic) bond motifs is 1. The molecule has 160 valence electrons. The summed E-state index contributed by atoms with van der Waals surface area (Å²) in [5.41, 5.74) is 0.949. The first-order valence-corrected chi connectivity index (χ1v) is 10.3. The van der Waals surface area contributed by atoms with Crippen LogP contribution in [0, 0.1) is 11.8 Å². The van der Waals surface area contributed by atoms with Gasteiger partial charge >= 0.3 is 0 Å². The maximum Gasteiger partial charge on any atom is 0.234 e. The predicted octanol–water partition coefficient (Wildman–Crippen LogP) is 2.31. The van der Waals surface area contributed by atoms with Gasteiger partial charge in [0.05, 0.1) is 38.7 Å². The Morgan fingerprint density at radius 3 is 2.68 bits per heavy atom. The standard InChI is InChI=1S/C24H24N2O5/c1-29-17-8-6-16(7-9-17)26-14-24-11-10-19(31-24)20(21(24)23(26)28)22(27)25-13-15-4-3-5-18(12-15)30-2/h3-12,19-21H,13-14H2,1-2H3,(H,25,27)/t19-,20+,21-,24-/m0/s1. The molecular formula is C24H24N2O5. The SMILES string of the molecule is COc1ccc(N2C[C@]34C=C[C@H](O3)[C@@H](C(=O)NCc3cccc(OC)c3)[C@H]4C2=O)cc1. The number of carbonyl (C=O) groups excluding carboxylic acids is 2. The minimum atomic E-state index is -0.750. The molecule has 2 fully saturated rings. The highest BCUT2D eigenvalue weighted by atomic mass is 16.5. The molecule has 0 aromatic heterocycles. The Hall–Kier alpha value is -3.32. The van der Waals surface area contributed by atoms with E-state index in [1.54, 1.807) is 19.1 Å². The second-order valence-corrected chi connectivity index (χ2v) is 8.09. The number of nitrogens with one attached hydrogen (secondary N) is 1. The molecule has 2 amide bonds. The molecule has 2 saturated heterocycles. The Morgan fingerprint density at radius 2 is 1.94 bits per heavy atom. The van der Waals surface area contributed by atoms with Gasteiger partial charge in [0.2, 0.25) is 11.8 Å². The molecular weight excluding hydrogens is 396 g/mol. The van der Waals surface area contributed by atoms with Gasteiger partial charge in [-0.15, -0.1) is 0 Å². The largest absolute Gasteiger partial charge is 0.497 e. The number of benzene rings is 2. The highest BCUT2D eigenvalue weighted by molar-refractivity contribution is 6.03. The zero-order valence-electron chi connectivity index (χ0n) is 17.4. The first-order chi connectivity index (χ1) is 15.0. The van der Waals surface area contributed by atoms with E-state index in [2.05, 4.69) is 5.32 Å². The summed E-state index contributed by atoms with van der Waals surface area (Å²) in [5, 5.41) is 2.98. The minimum Gasteiger partial charge on any atom is -0.497 e. The van der Waals surface area contributed by atoms with Gasteiger partial charge in [-0.05, 0) is 42.0 Å².